The van der Waals surface area contributed by atoms with Gasteiger partial charge in [0.05, 0.1) is 11.7 Å². The molecule has 1 aromatic heterocycles. The largest absolute Gasteiger partial charge is 0.456 e. The molecule has 5 aromatic rings. The molecule has 7 nitrogen and oxygen atoms in total. The molecule has 0 saturated carbocycles. The number of alkyl halides is 3. The first-order valence-corrected chi connectivity index (χ1v) is 20.6. The van der Waals surface area contributed by atoms with Crippen LogP contribution in [0, 0.1) is 5.41 Å². The molecule has 1 saturated heterocycles. The fourth-order valence-corrected chi connectivity index (χ4v) is 9.02. The number of aromatic nitrogens is 1. The molecule has 1 atom stereocenters. The van der Waals surface area contributed by atoms with Crippen molar-refractivity contribution in [1.29, 1.82) is 0 Å². The second-order valence-corrected chi connectivity index (χ2v) is 17.6. The van der Waals surface area contributed by atoms with Crippen molar-refractivity contribution in [2.45, 2.75) is 61.4 Å². The Morgan fingerprint density at radius 3 is 2.50 bits per heavy atom. The third-order valence-corrected chi connectivity index (χ3v) is 12.2. The number of hydrogen-bond donors (Lipinski definition) is 3. The van der Waals surface area contributed by atoms with Gasteiger partial charge in [0.2, 0.25) is 0 Å². The quantitative estimate of drug-likeness (QED) is 0.0904. The summed E-state index contributed by atoms with van der Waals surface area (Å²) in [5.74, 6) is 0.455. The third-order valence-electron chi connectivity index (χ3n) is 10.4. The molecular formula is C43H44ClF3N4O3S2. The lowest BCUT2D eigenvalue weighted by atomic mass is 9.72. The van der Waals surface area contributed by atoms with Crippen LogP contribution in [0.2, 0.25) is 5.02 Å². The number of aliphatic hydroxyl groups excluding tert-OH is 1. The van der Waals surface area contributed by atoms with Crippen molar-refractivity contribution < 1.29 is 27.8 Å². The van der Waals surface area contributed by atoms with Crippen LogP contribution < -0.4 is 14.4 Å². The molecule has 1 aliphatic heterocycles. The highest BCUT2D eigenvalue weighted by Crippen LogP contribution is 2.44. The van der Waals surface area contributed by atoms with Crippen LogP contribution in [0.1, 0.15) is 67.6 Å². The summed E-state index contributed by atoms with van der Waals surface area (Å²) >= 11 is 6.84. The Labute approximate surface area is 338 Å². The molecule has 7 rings (SSSR count). The van der Waals surface area contributed by atoms with E-state index in [1.807, 2.05) is 54.7 Å². The van der Waals surface area contributed by atoms with Crippen LogP contribution in [-0.2, 0) is 0 Å². The van der Waals surface area contributed by atoms with E-state index in [2.05, 4.69) is 45.5 Å². The standard InChI is InChI=1S/C43H44ClF3N4O3S2/c1-27(52)35-12-10-34(24-40(35)55-43(45,46)47)56-49-41(53)36-11-8-32(23-39(36)54-33-9-13-38-29(22-33)15-17-48-38)51-20-18-50(19-21-51)26-30-14-16-42(2,3)25-37(30)28-4-6-31(44)7-5-28/h4-13,15,17,22-24,27,48,52H,14,16,18-21,25-26H2,1-3H3,(H,49,53). The van der Waals surface area contributed by atoms with Crippen LogP contribution in [-0.4, -0.2) is 59.1 Å². The van der Waals surface area contributed by atoms with Crippen LogP contribution in [0.3, 0.4) is 0 Å². The highest BCUT2D eigenvalue weighted by atomic mass is 35.5. The second kappa shape index (κ2) is 16.8. The number of hydrogen-bond acceptors (Lipinski definition) is 7. The van der Waals surface area contributed by atoms with E-state index in [0.717, 1.165) is 85.5 Å². The SMILES string of the molecule is CC(O)c1ccc(SNC(=O)c2ccc(N3CCN(CC4=C(c5ccc(Cl)cc5)CC(C)(C)CC4)CC3)cc2Oc2ccc3[nH]ccc3c2)cc1SC(F)(F)F. The number of piperazine rings is 1. The van der Waals surface area contributed by atoms with E-state index in [-0.39, 0.29) is 33.2 Å². The Morgan fingerprint density at radius 1 is 1.00 bits per heavy atom. The number of allylic oxidation sites excluding steroid dienone is 1. The molecule has 1 fully saturated rings. The van der Waals surface area contributed by atoms with Crippen molar-refractivity contribution >= 4 is 63.4 Å². The Balaban J connectivity index is 1.08. The highest BCUT2D eigenvalue weighted by molar-refractivity contribution is 8.00. The Kier molecular flexibility index (Phi) is 12.0. The minimum Gasteiger partial charge on any atom is -0.456 e. The smallest absolute Gasteiger partial charge is 0.446 e. The van der Waals surface area contributed by atoms with Crippen LogP contribution in [0.15, 0.2) is 106 Å². The second-order valence-electron chi connectivity index (χ2n) is 15.2. The van der Waals surface area contributed by atoms with Crippen molar-refractivity contribution in [3.63, 3.8) is 0 Å². The van der Waals surface area contributed by atoms with Gasteiger partial charge in [0, 0.05) is 76.4 Å². The number of carbonyl (C=O) groups is 1. The number of halogens is 4. The Bertz CT molecular complexity index is 2230. The number of anilines is 1. The van der Waals surface area contributed by atoms with Gasteiger partial charge in [-0.3, -0.25) is 14.4 Å². The molecule has 0 bridgehead atoms. The summed E-state index contributed by atoms with van der Waals surface area (Å²) in [6.45, 7) is 10.4. The van der Waals surface area contributed by atoms with Crippen molar-refractivity contribution in [3.05, 3.63) is 118 Å². The number of carbonyl (C=O) groups excluding carboxylic acids is 1. The number of H-pyrrole nitrogens is 1. The molecule has 0 radical (unpaired) electrons. The van der Waals surface area contributed by atoms with Gasteiger partial charge in [-0.25, -0.2) is 0 Å². The van der Waals surface area contributed by atoms with Crippen LogP contribution in [0.25, 0.3) is 16.5 Å². The van der Waals surface area contributed by atoms with Gasteiger partial charge in [0.15, 0.2) is 0 Å². The van der Waals surface area contributed by atoms with Crippen molar-refractivity contribution in [2.24, 2.45) is 5.41 Å². The fraction of sp³-hybridized carbons (Fsp3) is 0.326. The summed E-state index contributed by atoms with van der Waals surface area (Å²) in [6.07, 6.45) is 4.03. The monoisotopic (exact) mass is 820 g/mol. The predicted octanol–water partition coefficient (Wildman–Crippen LogP) is 11.5. The number of nitrogens with one attached hydrogen (secondary N) is 2. The lowest BCUT2D eigenvalue weighted by Crippen LogP contribution is -2.47. The lowest BCUT2D eigenvalue weighted by molar-refractivity contribution is -0.0329. The Hall–Kier alpha value is -4.07. The minimum absolute atomic E-state index is 0.123. The summed E-state index contributed by atoms with van der Waals surface area (Å²) in [5.41, 5.74) is 2.21. The number of aromatic amines is 1. The third kappa shape index (κ3) is 9.89. The molecule has 1 amide bonds. The van der Waals surface area contributed by atoms with Crippen molar-refractivity contribution in [1.82, 2.24) is 14.6 Å². The topological polar surface area (TPSA) is 80.8 Å². The normalized spacial score (nSPS) is 17.0. The van der Waals surface area contributed by atoms with E-state index in [4.69, 9.17) is 16.3 Å². The van der Waals surface area contributed by atoms with Crippen LogP contribution >= 0.6 is 35.3 Å². The predicted molar refractivity (Wildman–Crippen MR) is 222 cm³/mol. The number of nitrogens with zero attached hydrogens (tertiary/aromatic N) is 2. The Morgan fingerprint density at radius 2 is 1.77 bits per heavy atom. The van der Waals surface area contributed by atoms with Crippen LogP contribution in [0.4, 0.5) is 18.9 Å². The van der Waals surface area contributed by atoms with Gasteiger partial charge in [-0.05, 0) is 133 Å². The lowest BCUT2D eigenvalue weighted by Gasteiger charge is -2.39. The average Bonchev–Trinajstić information content (AvgIpc) is 3.63. The number of rotatable bonds is 11. The van der Waals surface area contributed by atoms with Gasteiger partial charge in [0.1, 0.15) is 11.5 Å². The summed E-state index contributed by atoms with van der Waals surface area (Å²) < 4.78 is 49.1. The minimum atomic E-state index is -4.54. The highest BCUT2D eigenvalue weighted by Gasteiger charge is 2.32. The number of aliphatic hydroxyl groups is 1. The van der Waals surface area contributed by atoms with Gasteiger partial charge < -0.3 is 19.7 Å². The van der Waals surface area contributed by atoms with Crippen molar-refractivity contribution in [3.8, 4) is 11.5 Å². The van der Waals surface area contributed by atoms with Gasteiger partial charge in [0.25, 0.3) is 5.91 Å². The molecule has 56 heavy (non-hydrogen) atoms. The molecule has 3 N–H and O–H groups in total. The molecule has 0 spiro atoms. The van der Waals surface area contributed by atoms with Gasteiger partial charge in [-0.2, -0.15) is 13.2 Å². The molecule has 13 heteroatoms. The first kappa shape index (κ1) is 40.1. The van der Waals surface area contributed by atoms with E-state index in [9.17, 15) is 23.1 Å². The van der Waals surface area contributed by atoms with E-state index in [1.54, 1.807) is 12.1 Å². The van der Waals surface area contributed by atoms with E-state index >= 15 is 0 Å². The van der Waals surface area contributed by atoms with Gasteiger partial charge >= 0.3 is 5.51 Å². The molecule has 294 valence electrons. The number of fused-ring (bicyclic) bond motifs is 1. The number of ether oxygens (including phenoxy) is 1. The van der Waals surface area contributed by atoms with Crippen LogP contribution in [0.5, 0.6) is 11.5 Å². The van der Waals surface area contributed by atoms with E-state index in [0.29, 0.717) is 16.4 Å². The van der Waals surface area contributed by atoms with E-state index in [1.165, 1.54) is 35.8 Å². The summed E-state index contributed by atoms with van der Waals surface area (Å²) in [7, 11) is 0. The van der Waals surface area contributed by atoms with Gasteiger partial charge in [-0.1, -0.05) is 49.2 Å². The zero-order chi connectivity index (χ0) is 39.6. The molecule has 2 aliphatic rings. The van der Waals surface area contributed by atoms with Crippen molar-refractivity contribution in [2.75, 3.05) is 37.6 Å². The number of benzene rings is 4. The summed E-state index contributed by atoms with van der Waals surface area (Å²) in [5, 5.41) is 11.7. The first-order chi connectivity index (χ1) is 26.7. The maximum atomic E-state index is 13.7. The number of amides is 1. The zero-order valence-corrected chi connectivity index (χ0v) is 33.8. The van der Waals surface area contributed by atoms with Gasteiger partial charge in [-0.15, -0.1) is 0 Å². The maximum absolute atomic E-state index is 13.7. The number of thioether (sulfide) groups is 1. The maximum Gasteiger partial charge on any atom is 0.446 e. The molecule has 4 aromatic carbocycles. The molecule has 1 aliphatic carbocycles. The summed E-state index contributed by atoms with van der Waals surface area (Å²) in [6, 6.07) is 25.7. The average molecular weight is 821 g/mol. The van der Waals surface area contributed by atoms with E-state index < -0.39 is 17.5 Å². The summed E-state index contributed by atoms with van der Waals surface area (Å²) in [4.78, 5) is 22.0. The zero-order valence-electron chi connectivity index (χ0n) is 31.4. The molecule has 1 unspecified atom stereocenters. The molecular weight excluding hydrogens is 777 g/mol. The first-order valence-electron chi connectivity index (χ1n) is 18.6. The fourth-order valence-electron chi connectivity index (χ4n) is 7.40. The molecule has 2 heterocycles.